The van der Waals surface area contributed by atoms with Crippen LogP contribution >= 0.6 is 0 Å². The molecule has 0 radical (unpaired) electrons. The summed E-state index contributed by atoms with van der Waals surface area (Å²) in [5, 5.41) is 0. The molecule has 3 rings (SSSR count). The second kappa shape index (κ2) is 6.34. The highest BCUT2D eigenvalue weighted by Crippen LogP contribution is 2.26. The number of hydrogen-bond acceptors (Lipinski definition) is 3. The number of nitrogens with two attached hydrogens (primary N) is 1. The van der Waals surface area contributed by atoms with E-state index in [0.717, 1.165) is 24.0 Å². The maximum absolute atomic E-state index is 12.7. The summed E-state index contributed by atoms with van der Waals surface area (Å²) in [6.45, 7) is 3.33. The van der Waals surface area contributed by atoms with Gasteiger partial charge in [-0.3, -0.25) is 0 Å². The number of hydrogen-bond donors (Lipinski definition) is 1. The molecule has 0 aliphatic carbocycles. The molecular weight excluding hydrogens is 308 g/mol. The fourth-order valence-corrected chi connectivity index (χ4v) is 4.61. The molecular formula is C18H22N2O2S. The zero-order valence-corrected chi connectivity index (χ0v) is 14.1. The van der Waals surface area contributed by atoms with E-state index in [1.807, 2.05) is 36.4 Å². The van der Waals surface area contributed by atoms with Gasteiger partial charge in [0.2, 0.25) is 10.0 Å². The molecule has 1 atom stereocenters. The van der Waals surface area contributed by atoms with Gasteiger partial charge in [-0.15, -0.1) is 0 Å². The van der Waals surface area contributed by atoms with Crippen LogP contribution in [0, 0.1) is 5.92 Å². The van der Waals surface area contributed by atoms with Crippen LogP contribution in [0.15, 0.2) is 53.4 Å². The molecule has 1 saturated heterocycles. The molecule has 0 aromatic heterocycles. The van der Waals surface area contributed by atoms with E-state index in [2.05, 4.69) is 6.92 Å². The summed E-state index contributed by atoms with van der Waals surface area (Å²) in [5.41, 5.74) is 8.42. The first kappa shape index (κ1) is 16.0. The summed E-state index contributed by atoms with van der Waals surface area (Å²) >= 11 is 0. The zero-order chi connectivity index (χ0) is 16.4. The van der Waals surface area contributed by atoms with Gasteiger partial charge in [-0.25, -0.2) is 8.42 Å². The van der Waals surface area contributed by atoms with Gasteiger partial charge < -0.3 is 5.73 Å². The van der Waals surface area contributed by atoms with Crippen molar-refractivity contribution in [3.8, 4) is 11.1 Å². The van der Waals surface area contributed by atoms with E-state index in [-0.39, 0.29) is 0 Å². The van der Waals surface area contributed by atoms with Crippen LogP contribution in [0.3, 0.4) is 0 Å². The molecule has 1 heterocycles. The summed E-state index contributed by atoms with van der Waals surface area (Å²) in [5.74, 6) is 0.424. The second-order valence-corrected chi connectivity index (χ2v) is 8.19. The smallest absolute Gasteiger partial charge is 0.243 e. The number of rotatable bonds is 3. The van der Waals surface area contributed by atoms with Crippen LogP contribution in [0.2, 0.25) is 0 Å². The molecule has 5 heteroatoms. The average Bonchev–Trinajstić information content (AvgIpc) is 2.56. The second-order valence-electron chi connectivity index (χ2n) is 6.26. The molecule has 122 valence electrons. The summed E-state index contributed by atoms with van der Waals surface area (Å²) in [6, 6.07) is 14.7. The molecule has 1 unspecified atom stereocenters. The molecule has 0 bridgehead atoms. The Morgan fingerprint density at radius 1 is 1.00 bits per heavy atom. The Morgan fingerprint density at radius 2 is 1.57 bits per heavy atom. The van der Waals surface area contributed by atoms with Gasteiger partial charge in [0.15, 0.2) is 0 Å². The third-order valence-corrected chi connectivity index (χ3v) is 6.24. The van der Waals surface area contributed by atoms with Crippen molar-refractivity contribution in [3.63, 3.8) is 0 Å². The van der Waals surface area contributed by atoms with Crippen molar-refractivity contribution in [2.45, 2.75) is 24.7 Å². The van der Waals surface area contributed by atoms with E-state index in [4.69, 9.17) is 5.73 Å². The maximum Gasteiger partial charge on any atom is 0.243 e. The quantitative estimate of drug-likeness (QED) is 0.878. The van der Waals surface area contributed by atoms with Gasteiger partial charge in [-0.05, 0) is 54.2 Å². The van der Waals surface area contributed by atoms with Crippen LogP contribution in [0.5, 0.6) is 0 Å². The Morgan fingerprint density at radius 3 is 2.13 bits per heavy atom. The van der Waals surface area contributed by atoms with Crippen LogP contribution in [0.4, 0.5) is 5.69 Å². The van der Waals surface area contributed by atoms with Gasteiger partial charge in [0, 0.05) is 18.8 Å². The summed E-state index contributed by atoms with van der Waals surface area (Å²) in [6.07, 6.45) is 2.03. The Kier molecular flexibility index (Phi) is 4.41. The first-order chi connectivity index (χ1) is 11.0. The topological polar surface area (TPSA) is 63.4 Å². The van der Waals surface area contributed by atoms with Gasteiger partial charge in [-0.1, -0.05) is 31.2 Å². The molecule has 0 spiro atoms. The van der Waals surface area contributed by atoms with E-state index in [9.17, 15) is 8.42 Å². The van der Waals surface area contributed by atoms with E-state index >= 15 is 0 Å². The van der Waals surface area contributed by atoms with Crippen LogP contribution in [0.1, 0.15) is 19.8 Å². The minimum atomic E-state index is -3.39. The van der Waals surface area contributed by atoms with Gasteiger partial charge in [0.1, 0.15) is 0 Å². The number of benzene rings is 2. The van der Waals surface area contributed by atoms with E-state index < -0.39 is 10.0 Å². The fourth-order valence-electron chi connectivity index (χ4n) is 3.01. The molecule has 2 aromatic rings. The Balaban J connectivity index is 1.85. The number of nitrogens with zero attached hydrogens (tertiary/aromatic N) is 1. The molecule has 2 N–H and O–H groups in total. The molecule has 0 amide bonds. The molecule has 1 aliphatic rings. The van der Waals surface area contributed by atoms with Gasteiger partial charge in [0.25, 0.3) is 0 Å². The highest BCUT2D eigenvalue weighted by Gasteiger charge is 2.28. The number of anilines is 1. The predicted octanol–water partition coefficient (Wildman–Crippen LogP) is 3.36. The van der Waals surface area contributed by atoms with Crippen LogP contribution < -0.4 is 5.73 Å². The van der Waals surface area contributed by atoms with Crippen molar-refractivity contribution in [1.29, 1.82) is 0 Å². The van der Waals surface area contributed by atoms with E-state index in [1.54, 1.807) is 16.4 Å². The van der Waals surface area contributed by atoms with Crippen molar-refractivity contribution < 1.29 is 8.42 Å². The standard InChI is InChI=1S/C18H22N2O2S/c1-14-3-2-12-20(13-14)23(21,22)18-10-6-16(7-11-18)15-4-8-17(19)9-5-15/h4-11,14H,2-3,12-13,19H2,1H3. The van der Waals surface area contributed by atoms with Crippen LogP contribution in [0.25, 0.3) is 11.1 Å². The minimum Gasteiger partial charge on any atom is -0.399 e. The Hall–Kier alpha value is -1.85. The highest BCUT2D eigenvalue weighted by atomic mass is 32.2. The van der Waals surface area contributed by atoms with Crippen molar-refractivity contribution in [2.24, 2.45) is 5.92 Å². The van der Waals surface area contributed by atoms with Crippen molar-refractivity contribution in [1.82, 2.24) is 4.31 Å². The number of sulfonamides is 1. The lowest BCUT2D eigenvalue weighted by molar-refractivity contribution is 0.281. The molecule has 0 saturated carbocycles. The Labute approximate surface area is 138 Å². The van der Waals surface area contributed by atoms with Crippen LogP contribution in [-0.4, -0.2) is 25.8 Å². The lowest BCUT2D eigenvalue weighted by Gasteiger charge is -2.30. The molecule has 2 aromatic carbocycles. The molecule has 23 heavy (non-hydrogen) atoms. The summed E-state index contributed by atoms with van der Waals surface area (Å²) in [4.78, 5) is 0.366. The third kappa shape index (κ3) is 3.41. The van der Waals surface area contributed by atoms with Crippen molar-refractivity contribution in [2.75, 3.05) is 18.8 Å². The van der Waals surface area contributed by atoms with Crippen molar-refractivity contribution >= 4 is 15.7 Å². The third-order valence-electron chi connectivity index (χ3n) is 4.36. The predicted molar refractivity (Wildman–Crippen MR) is 93.4 cm³/mol. The number of piperidine rings is 1. The Bertz CT molecular complexity index is 768. The zero-order valence-electron chi connectivity index (χ0n) is 13.3. The summed E-state index contributed by atoms with van der Waals surface area (Å²) in [7, 11) is -3.39. The van der Waals surface area contributed by atoms with E-state index in [1.165, 1.54) is 0 Å². The lowest BCUT2D eigenvalue weighted by Crippen LogP contribution is -2.39. The largest absolute Gasteiger partial charge is 0.399 e. The first-order valence-corrected chi connectivity index (χ1v) is 9.37. The van der Waals surface area contributed by atoms with Gasteiger partial charge in [0.05, 0.1) is 4.90 Å². The van der Waals surface area contributed by atoms with Gasteiger partial charge >= 0.3 is 0 Å². The van der Waals surface area contributed by atoms with Gasteiger partial charge in [-0.2, -0.15) is 4.31 Å². The summed E-state index contributed by atoms with van der Waals surface area (Å²) < 4.78 is 27.1. The van der Waals surface area contributed by atoms with Crippen molar-refractivity contribution in [3.05, 3.63) is 48.5 Å². The monoisotopic (exact) mass is 330 g/mol. The SMILES string of the molecule is CC1CCCN(S(=O)(=O)c2ccc(-c3ccc(N)cc3)cc2)C1. The molecule has 1 fully saturated rings. The molecule has 4 nitrogen and oxygen atoms in total. The maximum atomic E-state index is 12.7. The van der Waals surface area contributed by atoms with Crippen LogP contribution in [-0.2, 0) is 10.0 Å². The fraction of sp³-hybridized carbons (Fsp3) is 0.333. The minimum absolute atomic E-state index is 0.366. The number of nitrogen functional groups attached to an aromatic ring is 1. The molecule has 1 aliphatic heterocycles. The lowest BCUT2D eigenvalue weighted by atomic mass is 10.0. The average molecular weight is 330 g/mol. The highest BCUT2D eigenvalue weighted by molar-refractivity contribution is 7.89. The first-order valence-electron chi connectivity index (χ1n) is 7.93. The normalized spacial score (nSPS) is 19.6. The van der Waals surface area contributed by atoms with E-state index in [0.29, 0.717) is 29.6 Å².